The van der Waals surface area contributed by atoms with Gasteiger partial charge in [0.1, 0.15) is 29.5 Å². The summed E-state index contributed by atoms with van der Waals surface area (Å²) in [5, 5.41) is 10.5. The number of aliphatic hydroxyl groups is 1. The number of methoxy groups -OCH3 is 1. The average molecular weight is 276 g/mol. The van der Waals surface area contributed by atoms with E-state index < -0.39 is 6.10 Å². The van der Waals surface area contributed by atoms with Crippen molar-refractivity contribution in [2.24, 2.45) is 0 Å². The van der Waals surface area contributed by atoms with Crippen LogP contribution in [0.2, 0.25) is 0 Å². The second-order valence-corrected chi connectivity index (χ2v) is 5.33. The zero-order valence-electron chi connectivity index (χ0n) is 11.9. The Bertz CT molecular complexity index is 536. The number of ether oxygens (including phenoxy) is 3. The minimum absolute atomic E-state index is 0.173. The Labute approximate surface area is 119 Å². The van der Waals surface area contributed by atoms with Crippen molar-refractivity contribution in [3.63, 3.8) is 0 Å². The van der Waals surface area contributed by atoms with Crippen LogP contribution in [0.5, 0.6) is 11.5 Å². The van der Waals surface area contributed by atoms with Crippen molar-refractivity contribution in [1.29, 1.82) is 0 Å². The van der Waals surface area contributed by atoms with E-state index in [-0.39, 0.29) is 6.10 Å². The first-order chi connectivity index (χ1) is 9.69. The molecular formula is C16H20O4. The van der Waals surface area contributed by atoms with Gasteiger partial charge in [0, 0.05) is 17.5 Å². The summed E-state index contributed by atoms with van der Waals surface area (Å²) >= 11 is 0. The lowest BCUT2D eigenvalue weighted by molar-refractivity contribution is 0.0900. The van der Waals surface area contributed by atoms with Gasteiger partial charge < -0.3 is 19.3 Å². The number of hydrogen-bond acceptors (Lipinski definition) is 4. The Balaban J connectivity index is 1.96. The largest absolute Gasteiger partial charge is 0.496 e. The summed E-state index contributed by atoms with van der Waals surface area (Å²) in [7, 11) is 1.62. The third-order valence-corrected chi connectivity index (χ3v) is 3.78. The molecule has 0 aliphatic carbocycles. The van der Waals surface area contributed by atoms with Gasteiger partial charge in [0.2, 0.25) is 0 Å². The summed E-state index contributed by atoms with van der Waals surface area (Å²) in [6.45, 7) is 2.69. The Morgan fingerprint density at radius 1 is 1.40 bits per heavy atom. The zero-order chi connectivity index (χ0) is 14.1. The highest BCUT2D eigenvalue weighted by molar-refractivity contribution is 5.50. The van der Waals surface area contributed by atoms with Crippen LogP contribution in [0.1, 0.15) is 37.0 Å². The molecule has 4 nitrogen and oxygen atoms in total. The van der Waals surface area contributed by atoms with Crippen LogP contribution in [0.25, 0.3) is 0 Å². The maximum Gasteiger partial charge on any atom is 0.139 e. The molecule has 108 valence electrons. The predicted molar refractivity (Wildman–Crippen MR) is 75.0 cm³/mol. The maximum atomic E-state index is 10.5. The van der Waals surface area contributed by atoms with Crippen molar-refractivity contribution in [2.45, 2.75) is 38.4 Å². The van der Waals surface area contributed by atoms with Gasteiger partial charge in [0.25, 0.3) is 0 Å². The van der Waals surface area contributed by atoms with Crippen molar-refractivity contribution in [1.82, 2.24) is 0 Å². The first-order valence-electron chi connectivity index (χ1n) is 7.07. The van der Waals surface area contributed by atoms with Gasteiger partial charge in [-0.1, -0.05) is 0 Å². The van der Waals surface area contributed by atoms with E-state index >= 15 is 0 Å². The van der Waals surface area contributed by atoms with Crippen molar-refractivity contribution in [3.8, 4) is 11.5 Å². The van der Waals surface area contributed by atoms with Crippen LogP contribution in [0.3, 0.4) is 0 Å². The van der Waals surface area contributed by atoms with E-state index in [9.17, 15) is 5.11 Å². The van der Waals surface area contributed by atoms with Crippen LogP contribution in [0, 0.1) is 0 Å². The van der Waals surface area contributed by atoms with Gasteiger partial charge in [-0.05, 0) is 38.0 Å². The number of benzene rings is 1. The molecule has 0 aromatic heterocycles. The van der Waals surface area contributed by atoms with Gasteiger partial charge in [0.05, 0.1) is 13.7 Å². The van der Waals surface area contributed by atoms with Gasteiger partial charge in [-0.25, -0.2) is 0 Å². The fourth-order valence-electron chi connectivity index (χ4n) is 2.77. The van der Waals surface area contributed by atoms with Crippen LogP contribution in [0.15, 0.2) is 24.0 Å². The highest BCUT2D eigenvalue weighted by Crippen LogP contribution is 2.39. The van der Waals surface area contributed by atoms with E-state index in [1.165, 1.54) is 0 Å². The molecule has 0 radical (unpaired) electrons. The molecular weight excluding hydrogens is 256 g/mol. The number of fused-ring (bicyclic) bond motifs is 1. The van der Waals surface area contributed by atoms with Gasteiger partial charge in [-0.2, -0.15) is 0 Å². The molecule has 0 fully saturated rings. The van der Waals surface area contributed by atoms with Crippen LogP contribution < -0.4 is 9.47 Å². The molecule has 1 N–H and O–H groups in total. The van der Waals surface area contributed by atoms with Crippen molar-refractivity contribution in [2.75, 3.05) is 13.7 Å². The van der Waals surface area contributed by atoms with Gasteiger partial charge >= 0.3 is 0 Å². The molecule has 1 aromatic carbocycles. The van der Waals surface area contributed by atoms with Crippen LogP contribution in [-0.2, 0) is 11.2 Å². The molecule has 4 heteroatoms. The Morgan fingerprint density at radius 2 is 2.25 bits per heavy atom. The van der Waals surface area contributed by atoms with Crippen LogP contribution in [0.4, 0.5) is 0 Å². The molecule has 2 atom stereocenters. The fourth-order valence-corrected chi connectivity index (χ4v) is 2.77. The topological polar surface area (TPSA) is 47.9 Å². The van der Waals surface area contributed by atoms with Crippen molar-refractivity contribution < 1.29 is 19.3 Å². The van der Waals surface area contributed by atoms with Crippen LogP contribution >= 0.6 is 0 Å². The van der Waals surface area contributed by atoms with E-state index in [1.807, 2.05) is 25.1 Å². The minimum atomic E-state index is -0.796. The van der Waals surface area contributed by atoms with E-state index in [4.69, 9.17) is 14.2 Å². The molecule has 0 bridgehead atoms. The van der Waals surface area contributed by atoms with Gasteiger partial charge in [-0.3, -0.25) is 0 Å². The summed E-state index contributed by atoms with van der Waals surface area (Å²) in [6.07, 6.45) is 4.14. The number of allylic oxidation sites excluding steroid dienone is 1. The summed E-state index contributed by atoms with van der Waals surface area (Å²) in [4.78, 5) is 0. The van der Waals surface area contributed by atoms with E-state index in [0.717, 1.165) is 30.6 Å². The number of rotatable bonds is 3. The molecule has 2 heterocycles. The lowest BCUT2D eigenvalue weighted by atomic mass is 10.0. The SMILES string of the molecule is COc1cc2c(cc1C(O)C1=CCCCO1)OC(C)C2. The summed E-state index contributed by atoms with van der Waals surface area (Å²) in [6, 6.07) is 3.84. The monoisotopic (exact) mass is 276 g/mol. The quantitative estimate of drug-likeness (QED) is 0.922. The number of aliphatic hydroxyl groups excluding tert-OH is 1. The van der Waals surface area contributed by atoms with E-state index in [0.29, 0.717) is 23.7 Å². The first kappa shape index (κ1) is 13.3. The van der Waals surface area contributed by atoms with Crippen LogP contribution in [-0.4, -0.2) is 24.9 Å². The van der Waals surface area contributed by atoms with Crippen molar-refractivity contribution >= 4 is 0 Å². The molecule has 2 aliphatic heterocycles. The molecule has 2 unspecified atom stereocenters. The molecule has 3 rings (SSSR count). The second-order valence-electron chi connectivity index (χ2n) is 5.33. The molecule has 0 saturated heterocycles. The Hall–Kier alpha value is -1.68. The highest BCUT2D eigenvalue weighted by atomic mass is 16.5. The summed E-state index contributed by atoms with van der Waals surface area (Å²) < 4.78 is 16.7. The molecule has 0 spiro atoms. The molecule has 0 amide bonds. The molecule has 20 heavy (non-hydrogen) atoms. The highest BCUT2D eigenvalue weighted by Gasteiger charge is 2.26. The summed E-state index contributed by atoms with van der Waals surface area (Å²) in [5.41, 5.74) is 1.83. The maximum absolute atomic E-state index is 10.5. The smallest absolute Gasteiger partial charge is 0.139 e. The zero-order valence-corrected chi connectivity index (χ0v) is 11.9. The predicted octanol–water partition coefficient (Wildman–Crippen LogP) is 2.75. The van der Waals surface area contributed by atoms with Gasteiger partial charge in [-0.15, -0.1) is 0 Å². The van der Waals surface area contributed by atoms with Gasteiger partial charge in [0.15, 0.2) is 0 Å². The van der Waals surface area contributed by atoms with E-state index in [1.54, 1.807) is 7.11 Å². The van der Waals surface area contributed by atoms with Crippen molar-refractivity contribution in [3.05, 3.63) is 35.1 Å². The lowest BCUT2D eigenvalue weighted by Gasteiger charge is -2.22. The average Bonchev–Trinajstić information content (AvgIpc) is 2.85. The Morgan fingerprint density at radius 3 is 2.95 bits per heavy atom. The molecule has 2 aliphatic rings. The third kappa shape index (κ3) is 2.36. The Kier molecular flexibility index (Phi) is 3.57. The molecule has 0 saturated carbocycles. The summed E-state index contributed by atoms with van der Waals surface area (Å²) in [5.74, 6) is 2.13. The number of hydrogen-bond donors (Lipinski definition) is 1. The fraction of sp³-hybridized carbons (Fsp3) is 0.500. The molecule has 1 aromatic rings. The lowest BCUT2D eigenvalue weighted by Crippen LogP contribution is -2.11. The minimum Gasteiger partial charge on any atom is -0.496 e. The second kappa shape index (κ2) is 5.37. The third-order valence-electron chi connectivity index (χ3n) is 3.78. The normalized spacial score (nSPS) is 22.4. The standard InChI is InChI=1S/C16H20O4/c1-10-7-11-8-15(18-2)12(9-14(11)20-10)16(17)13-5-3-4-6-19-13/h5,8-10,16-17H,3-4,6-7H2,1-2H3. The first-order valence-corrected chi connectivity index (χ1v) is 7.07. The van der Waals surface area contributed by atoms with E-state index in [2.05, 4.69) is 0 Å².